The Bertz CT molecular complexity index is 2590. The van der Waals surface area contributed by atoms with Crippen molar-refractivity contribution in [3.05, 3.63) is 54.2 Å². The maximum Gasteiger partial charge on any atom is 0.270 e. The van der Waals surface area contributed by atoms with Crippen LogP contribution in [0.15, 0.2) is 43.0 Å². The number of aromatic nitrogens is 3. The smallest absolute Gasteiger partial charge is 0.270 e. The van der Waals surface area contributed by atoms with Gasteiger partial charge in [0.1, 0.15) is 6.04 Å². The van der Waals surface area contributed by atoms with Gasteiger partial charge in [0, 0.05) is 120 Å². The Morgan fingerprint density at radius 3 is 2.06 bits per heavy atom. The number of aromatic amines is 2. The number of carbonyl (C=O) groups excluding carboxylic acids is 9. The molecular formula is C52H77N10O11PS3. The average Bonchev–Trinajstić information content (AvgIpc) is 4.21. The molecule has 2 aliphatic heterocycles. The number of H-pyrrole nitrogens is 2. The van der Waals surface area contributed by atoms with Gasteiger partial charge in [-0.1, -0.05) is 52.8 Å². The van der Waals surface area contributed by atoms with Crippen LogP contribution in [0.2, 0.25) is 0 Å². The Morgan fingerprint density at radius 2 is 1.44 bits per heavy atom. The monoisotopic (exact) mass is 1140 g/mol. The van der Waals surface area contributed by atoms with E-state index in [0.717, 1.165) is 16.0 Å². The maximum absolute atomic E-state index is 14.4. The Kier molecular flexibility index (Phi) is 24.3. The fraction of sp³-hybridized carbons (Fsp3) is 0.615. The van der Waals surface area contributed by atoms with Gasteiger partial charge >= 0.3 is 0 Å². The Balaban J connectivity index is 1.24. The van der Waals surface area contributed by atoms with Gasteiger partial charge in [0.15, 0.2) is 17.3 Å². The number of amides is 6. The van der Waals surface area contributed by atoms with E-state index in [0.29, 0.717) is 42.9 Å². The summed E-state index contributed by atoms with van der Waals surface area (Å²) in [4.78, 5) is 143. The normalized spacial score (nSPS) is 19.0. The predicted molar refractivity (Wildman–Crippen MR) is 300 cm³/mol. The molecule has 2 aromatic heterocycles. The van der Waals surface area contributed by atoms with Gasteiger partial charge in [-0.3, -0.25) is 47.7 Å². The van der Waals surface area contributed by atoms with Gasteiger partial charge in [-0.05, 0) is 54.7 Å². The minimum atomic E-state index is -4.08. The van der Waals surface area contributed by atoms with Gasteiger partial charge < -0.3 is 47.6 Å². The third-order valence-corrected chi connectivity index (χ3v) is 19.8. The summed E-state index contributed by atoms with van der Waals surface area (Å²) >= 11 is 4.95. The molecule has 21 nitrogen and oxygen atoms in total. The average molecular weight is 1150 g/mol. The van der Waals surface area contributed by atoms with Crippen molar-refractivity contribution in [2.24, 2.45) is 41.1 Å². The van der Waals surface area contributed by atoms with Crippen LogP contribution in [-0.2, 0) is 60.6 Å². The first-order valence-electron chi connectivity index (χ1n) is 26.1. The highest BCUT2D eigenvalue weighted by atomic mass is 32.2. The molecule has 0 bridgehead atoms. The van der Waals surface area contributed by atoms with Crippen LogP contribution in [0.1, 0.15) is 97.2 Å². The van der Waals surface area contributed by atoms with E-state index in [4.69, 9.17) is 11.5 Å². The van der Waals surface area contributed by atoms with Crippen LogP contribution < -0.4 is 32.7 Å². The quantitative estimate of drug-likeness (QED) is 0.0386. The summed E-state index contributed by atoms with van der Waals surface area (Å²) in [5.41, 5.74) is 13.1. The van der Waals surface area contributed by atoms with E-state index in [1.165, 1.54) is 35.9 Å². The second kappa shape index (κ2) is 29.8. The van der Waals surface area contributed by atoms with Crippen molar-refractivity contribution in [1.29, 1.82) is 0 Å². The number of para-hydroxylation sites is 1. The molecule has 0 saturated carbocycles. The summed E-state index contributed by atoms with van der Waals surface area (Å²) in [6.07, 6.45) is 5.06. The van der Waals surface area contributed by atoms with Gasteiger partial charge in [0.05, 0.1) is 30.6 Å². The molecule has 11 N–H and O–H groups in total. The Labute approximate surface area is 462 Å². The lowest BCUT2D eigenvalue weighted by molar-refractivity contribution is -0.135. The molecule has 2 unspecified atom stereocenters. The van der Waals surface area contributed by atoms with Crippen molar-refractivity contribution < 1.29 is 52.6 Å². The number of carbonyl (C=O) groups is 9. The first-order valence-corrected chi connectivity index (χ1v) is 31.4. The van der Waals surface area contributed by atoms with E-state index in [-0.39, 0.29) is 67.8 Å². The Hall–Kier alpha value is -5.00. The first-order chi connectivity index (χ1) is 36.5. The molecule has 424 valence electrons. The molecule has 2 saturated heterocycles. The van der Waals surface area contributed by atoms with Crippen molar-refractivity contribution in [1.82, 2.24) is 40.9 Å². The molecule has 0 radical (unpaired) electrons. The van der Waals surface area contributed by atoms with Gasteiger partial charge in [-0.15, -0.1) is 23.5 Å². The molecule has 4 heterocycles. The number of hydrogen-bond donors (Lipinski definition) is 9. The topological polar surface area (TPSA) is 339 Å². The number of rotatable bonds is 34. The summed E-state index contributed by atoms with van der Waals surface area (Å²) in [6, 6.07) is 3.08. The zero-order valence-corrected chi connectivity index (χ0v) is 48.1. The number of fused-ring (bicyclic) bond motifs is 2. The van der Waals surface area contributed by atoms with Crippen LogP contribution in [0.3, 0.4) is 0 Å². The number of nitrogens with zero attached hydrogens (tertiary/aromatic N) is 2. The van der Waals surface area contributed by atoms with Crippen LogP contribution in [0.5, 0.6) is 0 Å². The van der Waals surface area contributed by atoms with E-state index in [1.54, 1.807) is 43.6 Å². The number of Topliss-reactive ketones (excluding diaryl/α,β-unsaturated/α-hetero) is 3. The minimum absolute atomic E-state index is 0.000574. The predicted octanol–water partition coefficient (Wildman–Crippen LogP) is 3.63. The van der Waals surface area contributed by atoms with E-state index in [2.05, 4.69) is 36.2 Å². The molecule has 77 heavy (non-hydrogen) atoms. The molecule has 5 rings (SSSR count). The number of nitrogens with one attached hydrogen (secondary N) is 6. The molecular weight excluding hydrogens is 1070 g/mol. The third-order valence-electron chi connectivity index (χ3n) is 14.0. The third kappa shape index (κ3) is 19.1. The molecule has 10 atom stereocenters. The van der Waals surface area contributed by atoms with Crippen molar-refractivity contribution >= 4 is 107 Å². The van der Waals surface area contributed by atoms with Crippen LogP contribution in [-0.4, -0.2) is 148 Å². The number of primary amides is 2. The number of benzene rings is 1. The van der Waals surface area contributed by atoms with Gasteiger partial charge in [-0.2, -0.15) is 11.8 Å². The van der Waals surface area contributed by atoms with Crippen molar-refractivity contribution in [3.63, 3.8) is 0 Å². The fourth-order valence-corrected chi connectivity index (χ4v) is 15.7. The number of nitrogens with two attached hydrogens (primary N) is 2. The lowest BCUT2D eigenvalue weighted by Gasteiger charge is -2.28. The second-order valence-electron chi connectivity index (χ2n) is 21.0. The largest absolute Gasteiger partial charge is 0.370 e. The van der Waals surface area contributed by atoms with Gasteiger partial charge in [0.25, 0.3) is 7.52 Å². The maximum atomic E-state index is 14.4. The van der Waals surface area contributed by atoms with Crippen molar-refractivity contribution in [3.8, 4) is 0 Å². The van der Waals surface area contributed by atoms with E-state index in [9.17, 15) is 52.6 Å². The zero-order valence-electron chi connectivity index (χ0n) is 44.7. The summed E-state index contributed by atoms with van der Waals surface area (Å²) in [6.45, 7) is 9.53. The molecule has 2 aliphatic rings. The first kappa shape index (κ1) is 62.8. The van der Waals surface area contributed by atoms with Crippen LogP contribution in [0.4, 0.5) is 0 Å². The number of thioether (sulfide) groups is 3. The van der Waals surface area contributed by atoms with Gasteiger partial charge in [0.2, 0.25) is 35.4 Å². The summed E-state index contributed by atoms with van der Waals surface area (Å²) in [5, 5.41) is 13.1. The lowest BCUT2D eigenvalue weighted by atomic mass is 9.88. The summed E-state index contributed by atoms with van der Waals surface area (Å²) in [7, 11) is -4.08. The molecule has 0 aliphatic carbocycles. The van der Waals surface area contributed by atoms with Crippen molar-refractivity contribution in [2.45, 2.75) is 133 Å². The molecule has 2 fully saturated rings. The van der Waals surface area contributed by atoms with Crippen molar-refractivity contribution in [2.75, 3.05) is 36.3 Å². The lowest BCUT2D eigenvalue weighted by Crippen LogP contribution is -2.49. The summed E-state index contributed by atoms with van der Waals surface area (Å²) in [5.74, 6) is -8.15. The molecule has 25 heteroatoms. The molecule has 3 aromatic rings. The van der Waals surface area contributed by atoms with Gasteiger partial charge in [-0.25, -0.2) is 9.65 Å². The molecule has 6 amide bonds. The van der Waals surface area contributed by atoms with Crippen LogP contribution >= 0.6 is 42.8 Å². The standard InChI is InChI=1S/C52H77N10O11PS3/c1-29(2)17-33(52(71)59-38(49(54)68)15-16-75-6)20-43(65)40(21-35-23-55-27-57-35)58-47(67)14-12-41(63)48(30(3)4)61-50(69)31(5)18-42(64)39(19-34-22-56-37-10-8-7-9-36(34)37)60-51(70)32(11-13-46(53)66)26-74(72,73)62-24-44-45(25-62)77-28-76-44/h7-10,22-23,27,29-33,38-40,44-45,48,56H,11-21,24-26,28H2,1-6H3,(H2,53,66)(H2,54,68)(H,55,57)(H,58,67)(H,59,71)(H,60,70)(H,61,69)(H,72,73)/t31-,32-,33-,38+,39+,40+,44-,45?,48+/m1/s1. The Morgan fingerprint density at radius 1 is 0.792 bits per heavy atom. The molecule has 1 aromatic carbocycles. The summed E-state index contributed by atoms with van der Waals surface area (Å²) < 4.78 is 15.5. The van der Waals surface area contributed by atoms with Crippen LogP contribution in [0, 0.1) is 29.6 Å². The van der Waals surface area contributed by atoms with E-state index >= 15 is 0 Å². The highest BCUT2D eigenvalue weighted by molar-refractivity contribution is 8.20. The molecule has 0 spiro atoms. The van der Waals surface area contributed by atoms with E-state index < -0.39 is 114 Å². The minimum Gasteiger partial charge on any atom is -0.370 e. The highest BCUT2D eigenvalue weighted by Crippen LogP contribution is 2.54. The number of ketones is 3. The van der Waals surface area contributed by atoms with Crippen LogP contribution in [0.25, 0.3) is 10.9 Å². The SMILES string of the molecule is CSCC[C@H](NC(=O)[C@@H](CC(=O)[C@H](Cc1cnc[nH]1)NC(=O)CCC(=O)[C@@H](NC(=O)[C@H](C)CC(=O)[C@H](Cc1c[nH]c2ccccc12)NC(=O)[C@H](CCC(N)=O)CP(=O)(O)N1CC2SCS[C@@H]2C1)C(C)C)CC(C)C)C(N)=O. The highest BCUT2D eigenvalue weighted by Gasteiger charge is 2.46. The second-order valence-corrected chi connectivity index (χ2v) is 27.1. The number of hydrogen-bond acceptors (Lipinski definition) is 14. The van der Waals surface area contributed by atoms with E-state index in [1.807, 2.05) is 44.4 Å². The fourth-order valence-electron chi connectivity index (χ4n) is 9.61. The zero-order chi connectivity index (χ0) is 56.6. The number of imidazole rings is 1.